The summed E-state index contributed by atoms with van der Waals surface area (Å²) in [5, 5.41) is 3.00. The van der Waals surface area contributed by atoms with Crippen LogP contribution in [-0.2, 0) is 0 Å². The van der Waals surface area contributed by atoms with Crippen molar-refractivity contribution in [1.29, 1.82) is 0 Å². The second-order valence-corrected chi connectivity index (χ2v) is 8.23. The van der Waals surface area contributed by atoms with Crippen molar-refractivity contribution in [1.82, 2.24) is 19.4 Å². The molecule has 6 heteroatoms. The van der Waals surface area contributed by atoms with Gasteiger partial charge in [0.15, 0.2) is 0 Å². The van der Waals surface area contributed by atoms with Gasteiger partial charge in [-0.1, -0.05) is 31.4 Å². The molecule has 1 aromatic heterocycles. The van der Waals surface area contributed by atoms with Gasteiger partial charge < -0.3 is 10.2 Å². The Morgan fingerprint density at radius 1 is 1.15 bits per heavy atom. The average Bonchev–Trinajstić information content (AvgIpc) is 2.94. The number of carbonyl (C=O) groups is 1. The van der Waals surface area contributed by atoms with Gasteiger partial charge in [-0.2, -0.15) is 0 Å². The molecule has 0 saturated heterocycles. The summed E-state index contributed by atoms with van der Waals surface area (Å²) in [6.07, 6.45) is 7.03. The fraction of sp³-hybridized carbons (Fsp3) is 0.619. The lowest BCUT2D eigenvalue weighted by atomic mass is 9.78. The van der Waals surface area contributed by atoms with E-state index in [1.165, 1.54) is 36.7 Å². The van der Waals surface area contributed by atoms with Crippen LogP contribution in [0.25, 0.3) is 11.0 Å². The molecule has 1 saturated carbocycles. The molecule has 3 rings (SSSR count). The average molecular weight is 373 g/mol. The molecule has 0 unspecified atom stereocenters. The molecule has 1 amide bonds. The predicted octanol–water partition coefficient (Wildman–Crippen LogP) is 3.60. The summed E-state index contributed by atoms with van der Waals surface area (Å²) in [4.78, 5) is 28.0. The maximum Gasteiger partial charge on any atom is 0.337 e. The first kappa shape index (κ1) is 19.7. The van der Waals surface area contributed by atoms with E-state index in [2.05, 4.69) is 24.3 Å². The summed E-state index contributed by atoms with van der Waals surface area (Å²) < 4.78 is 2.95. The number of fused-ring (bicyclic) bond motifs is 1. The number of aromatic nitrogens is 2. The van der Waals surface area contributed by atoms with Crippen LogP contribution >= 0.6 is 0 Å². The molecule has 148 valence electrons. The summed E-state index contributed by atoms with van der Waals surface area (Å²) >= 11 is 0. The van der Waals surface area contributed by atoms with Gasteiger partial charge in [0.25, 0.3) is 0 Å². The zero-order valence-corrected chi connectivity index (χ0v) is 17.0. The van der Waals surface area contributed by atoms with Crippen LogP contribution in [0.5, 0.6) is 0 Å². The molecular formula is C21H32N4O2. The highest BCUT2D eigenvalue weighted by molar-refractivity contribution is 5.89. The van der Waals surface area contributed by atoms with E-state index in [0.29, 0.717) is 12.1 Å². The third-order valence-electron chi connectivity index (χ3n) is 6.10. The van der Waals surface area contributed by atoms with E-state index < -0.39 is 0 Å². The zero-order chi connectivity index (χ0) is 19.6. The summed E-state index contributed by atoms with van der Waals surface area (Å²) in [6, 6.07) is 7.14. The quantitative estimate of drug-likeness (QED) is 0.872. The molecular weight excluding hydrogens is 340 g/mol. The molecule has 6 nitrogen and oxygen atoms in total. The number of nitrogens with one attached hydrogen (secondary N) is 1. The van der Waals surface area contributed by atoms with E-state index in [1.54, 1.807) is 4.57 Å². The minimum atomic E-state index is -0.333. The number of nitrogens with zero attached hydrogens (tertiary/aromatic N) is 3. The molecule has 1 fully saturated rings. The molecule has 2 aromatic rings. The molecule has 1 N–H and O–H groups in total. The smallest absolute Gasteiger partial charge is 0.337 e. The lowest BCUT2D eigenvalue weighted by molar-refractivity contribution is 0.0910. The van der Waals surface area contributed by atoms with Gasteiger partial charge in [0.05, 0.1) is 11.0 Å². The van der Waals surface area contributed by atoms with Gasteiger partial charge in [0.2, 0.25) is 0 Å². The minimum Gasteiger partial charge on any atom is -0.337 e. The Morgan fingerprint density at radius 2 is 1.78 bits per heavy atom. The minimum absolute atomic E-state index is 0.00398. The Balaban J connectivity index is 1.79. The Morgan fingerprint density at radius 3 is 2.37 bits per heavy atom. The van der Waals surface area contributed by atoms with E-state index in [1.807, 2.05) is 38.1 Å². The number of hydrogen-bond acceptors (Lipinski definition) is 3. The van der Waals surface area contributed by atoms with Crippen molar-refractivity contribution >= 4 is 17.1 Å². The van der Waals surface area contributed by atoms with Gasteiger partial charge in [-0.05, 0) is 59.3 Å². The van der Waals surface area contributed by atoms with E-state index in [-0.39, 0.29) is 23.3 Å². The van der Waals surface area contributed by atoms with Gasteiger partial charge in [0, 0.05) is 18.1 Å². The largest absolute Gasteiger partial charge is 0.337 e. The van der Waals surface area contributed by atoms with Crippen LogP contribution in [0.4, 0.5) is 4.79 Å². The van der Waals surface area contributed by atoms with E-state index >= 15 is 0 Å². The third kappa shape index (κ3) is 3.68. The summed E-state index contributed by atoms with van der Waals surface area (Å²) in [5.41, 5.74) is 1.34. The van der Waals surface area contributed by atoms with Crippen molar-refractivity contribution in [2.24, 2.45) is 0 Å². The molecule has 0 aliphatic heterocycles. The molecule has 0 bridgehead atoms. The molecule has 1 aromatic carbocycles. The fourth-order valence-electron chi connectivity index (χ4n) is 4.48. The van der Waals surface area contributed by atoms with Crippen LogP contribution in [0.3, 0.4) is 0 Å². The van der Waals surface area contributed by atoms with Crippen LogP contribution in [-0.4, -0.2) is 46.2 Å². The van der Waals surface area contributed by atoms with E-state index in [4.69, 9.17) is 0 Å². The van der Waals surface area contributed by atoms with E-state index in [9.17, 15) is 9.59 Å². The van der Waals surface area contributed by atoms with Crippen LogP contribution in [0.2, 0.25) is 0 Å². The van der Waals surface area contributed by atoms with Crippen molar-refractivity contribution < 1.29 is 4.79 Å². The number of hydrogen-bond donors (Lipinski definition) is 1. The Labute approximate surface area is 161 Å². The highest BCUT2D eigenvalue weighted by Gasteiger charge is 2.33. The van der Waals surface area contributed by atoms with Crippen LogP contribution < -0.4 is 11.0 Å². The number of benzene rings is 1. The maximum atomic E-state index is 12.9. The van der Waals surface area contributed by atoms with Crippen molar-refractivity contribution in [2.75, 3.05) is 20.6 Å². The lowest BCUT2D eigenvalue weighted by Gasteiger charge is -2.43. The molecule has 0 atom stereocenters. The highest BCUT2D eigenvalue weighted by Crippen LogP contribution is 2.34. The summed E-state index contributed by atoms with van der Waals surface area (Å²) in [5.74, 6) is 0. The Hall–Kier alpha value is -2.08. The molecule has 27 heavy (non-hydrogen) atoms. The fourth-order valence-corrected chi connectivity index (χ4v) is 4.48. The number of carbonyl (C=O) groups excluding carboxylic acids is 1. The van der Waals surface area contributed by atoms with Gasteiger partial charge in [-0.3, -0.25) is 4.57 Å². The van der Waals surface area contributed by atoms with Crippen LogP contribution in [0.1, 0.15) is 58.4 Å². The van der Waals surface area contributed by atoms with Gasteiger partial charge in [-0.25, -0.2) is 14.2 Å². The normalized spacial score (nSPS) is 17.0. The van der Waals surface area contributed by atoms with Crippen molar-refractivity contribution in [3.63, 3.8) is 0 Å². The summed E-state index contributed by atoms with van der Waals surface area (Å²) in [6.45, 7) is 4.49. The lowest BCUT2D eigenvalue weighted by Crippen LogP contribution is -2.48. The number of rotatable bonds is 5. The molecule has 1 aliphatic carbocycles. The number of para-hydroxylation sites is 2. The monoisotopic (exact) mass is 372 g/mol. The second kappa shape index (κ2) is 7.89. The number of amides is 1. The first-order valence-corrected chi connectivity index (χ1v) is 10.0. The van der Waals surface area contributed by atoms with Crippen molar-refractivity contribution in [2.45, 2.75) is 64.0 Å². The SMILES string of the molecule is CC(C)n1c(=O)n(C(=O)NCCC2(N(C)C)CCCCC2)c2ccccc21. The Kier molecular flexibility index (Phi) is 5.75. The predicted molar refractivity (Wildman–Crippen MR) is 109 cm³/mol. The van der Waals surface area contributed by atoms with Crippen LogP contribution in [0.15, 0.2) is 29.1 Å². The first-order valence-electron chi connectivity index (χ1n) is 10.0. The van der Waals surface area contributed by atoms with E-state index in [0.717, 1.165) is 11.9 Å². The molecule has 1 aliphatic rings. The maximum absolute atomic E-state index is 12.9. The number of imidazole rings is 1. The topological polar surface area (TPSA) is 59.3 Å². The Bertz CT molecular complexity index is 857. The third-order valence-corrected chi connectivity index (χ3v) is 6.10. The van der Waals surface area contributed by atoms with Gasteiger partial charge in [0.1, 0.15) is 0 Å². The second-order valence-electron chi connectivity index (χ2n) is 8.23. The molecule has 1 heterocycles. The standard InChI is InChI=1S/C21H32N4O2/c1-16(2)24-17-10-6-7-11-18(17)25(20(24)27)19(26)22-15-14-21(23(3)4)12-8-5-9-13-21/h6-7,10-11,16H,5,8-9,12-15H2,1-4H3,(H,22,26). The van der Waals surface area contributed by atoms with Gasteiger partial charge in [-0.15, -0.1) is 0 Å². The van der Waals surface area contributed by atoms with Crippen molar-refractivity contribution in [3.8, 4) is 0 Å². The van der Waals surface area contributed by atoms with Crippen molar-refractivity contribution in [3.05, 3.63) is 34.7 Å². The molecule has 0 radical (unpaired) electrons. The van der Waals surface area contributed by atoms with Gasteiger partial charge >= 0.3 is 11.7 Å². The first-order chi connectivity index (χ1) is 12.9. The summed E-state index contributed by atoms with van der Waals surface area (Å²) in [7, 11) is 4.27. The van der Waals surface area contributed by atoms with Crippen LogP contribution in [0, 0.1) is 0 Å². The molecule has 0 spiro atoms. The highest BCUT2D eigenvalue weighted by atomic mass is 16.2. The zero-order valence-electron chi connectivity index (χ0n) is 17.0.